The topological polar surface area (TPSA) is 82.7 Å². The van der Waals surface area contributed by atoms with Crippen LogP contribution in [0.4, 0.5) is 0 Å². The lowest BCUT2D eigenvalue weighted by atomic mass is 10.1. The van der Waals surface area contributed by atoms with Gasteiger partial charge in [-0.25, -0.2) is 0 Å². The molecule has 2 aromatic rings. The monoisotopic (exact) mass is 291 g/mol. The van der Waals surface area contributed by atoms with Gasteiger partial charge in [0, 0.05) is 10.9 Å². The van der Waals surface area contributed by atoms with Crippen LogP contribution in [-0.4, -0.2) is 35.4 Å². The summed E-state index contributed by atoms with van der Waals surface area (Å²) in [4.78, 5) is 12.1. The Morgan fingerprint density at radius 3 is 2.67 bits per heavy atom. The first-order chi connectivity index (χ1) is 10.1. The second kappa shape index (κ2) is 6.74. The van der Waals surface area contributed by atoms with Crippen LogP contribution in [0.1, 0.15) is 35.0 Å². The number of carbonyl (C=O) groups is 1. The van der Waals surface area contributed by atoms with Crippen LogP contribution >= 0.6 is 0 Å². The summed E-state index contributed by atoms with van der Waals surface area (Å²) in [5.41, 5.74) is 2.65. The normalized spacial score (nSPS) is 11.3. The zero-order chi connectivity index (χ0) is 15.4. The lowest BCUT2D eigenvalue weighted by molar-refractivity contribution is 0.0853. The van der Waals surface area contributed by atoms with Crippen LogP contribution in [0.2, 0.25) is 0 Å². The third kappa shape index (κ3) is 3.25. The maximum atomic E-state index is 12.1. The Morgan fingerprint density at radius 2 is 2.05 bits per heavy atom. The van der Waals surface area contributed by atoms with Crippen LogP contribution in [0.3, 0.4) is 0 Å². The number of rotatable bonds is 6. The molecule has 1 heterocycles. The molecule has 0 fully saturated rings. The van der Waals surface area contributed by atoms with Gasteiger partial charge in [0.05, 0.1) is 19.3 Å². The van der Waals surface area contributed by atoms with Crippen LogP contribution in [0, 0.1) is 6.92 Å². The predicted molar refractivity (Wildman–Crippen MR) is 80.4 cm³/mol. The zero-order valence-electron chi connectivity index (χ0n) is 12.3. The molecule has 0 aliphatic rings. The van der Waals surface area contributed by atoms with E-state index in [0.29, 0.717) is 5.58 Å². The van der Waals surface area contributed by atoms with Crippen molar-refractivity contribution in [3.05, 3.63) is 35.1 Å². The van der Waals surface area contributed by atoms with Crippen molar-refractivity contribution in [2.75, 3.05) is 13.2 Å². The predicted octanol–water partition coefficient (Wildman–Crippen LogP) is 1.78. The molecular formula is C16H21NO4. The minimum absolute atomic E-state index is 0.227. The van der Waals surface area contributed by atoms with Crippen molar-refractivity contribution in [3.63, 3.8) is 0 Å². The maximum Gasteiger partial charge on any atom is 0.287 e. The second-order valence-electron chi connectivity index (χ2n) is 5.17. The summed E-state index contributed by atoms with van der Waals surface area (Å²) < 4.78 is 5.61. The van der Waals surface area contributed by atoms with E-state index in [1.165, 1.54) is 5.56 Å². The van der Waals surface area contributed by atoms with Gasteiger partial charge in [-0.2, -0.15) is 0 Å². The minimum Gasteiger partial charge on any atom is -0.451 e. The lowest BCUT2D eigenvalue weighted by Crippen LogP contribution is -2.40. The number of benzene rings is 1. The zero-order valence-corrected chi connectivity index (χ0v) is 12.3. The average Bonchev–Trinajstić information content (AvgIpc) is 2.82. The molecule has 1 aromatic heterocycles. The summed E-state index contributed by atoms with van der Waals surface area (Å²) in [7, 11) is 0. The molecule has 1 aromatic carbocycles. The van der Waals surface area contributed by atoms with Crippen molar-refractivity contribution in [1.82, 2.24) is 5.32 Å². The van der Waals surface area contributed by atoms with E-state index in [1.807, 2.05) is 25.1 Å². The molecule has 0 saturated heterocycles. The fourth-order valence-corrected chi connectivity index (χ4v) is 2.33. The highest BCUT2D eigenvalue weighted by Gasteiger charge is 2.20. The quantitative estimate of drug-likeness (QED) is 0.757. The first-order valence-electron chi connectivity index (χ1n) is 7.15. The average molecular weight is 291 g/mol. The molecule has 0 bridgehead atoms. The molecule has 114 valence electrons. The third-order valence-corrected chi connectivity index (χ3v) is 3.52. The smallest absolute Gasteiger partial charge is 0.287 e. The SMILES string of the molecule is CCCc1ccc2oc(C(=O)NC(CO)CO)c(C)c2c1. The molecule has 5 nitrogen and oxygen atoms in total. The van der Waals surface area contributed by atoms with Gasteiger partial charge in [0.2, 0.25) is 0 Å². The fourth-order valence-electron chi connectivity index (χ4n) is 2.33. The first kappa shape index (κ1) is 15.5. The van der Waals surface area contributed by atoms with Crippen molar-refractivity contribution in [3.8, 4) is 0 Å². The first-order valence-corrected chi connectivity index (χ1v) is 7.15. The number of carbonyl (C=O) groups excluding carboxylic acids is 1. The summed E-state index contributed by atoms with van der Waals surface area (Å²) in [5.74, 6) is -0.195. The van der Waals surface area contributed by atoms with Crippen molar-refractivity contribution in [2.45, 2.75) is 32.7 Å². The molecule has 21 heavy (non-hydrogen) atoms. The Balaban J connectivity index is 2.32. The van der Waals surface area contributed by atoms with E-state index in [2.05, 4.69) is 12.2 Å². The van der Waals surface area contributed by atoms with E-state index in [1.54, 1.807) is 0 Å². The number of furan rings is 1. The second-order valence-corrected chi connectivity index (χ2v) is 5.17. The molecule has 0 unspecified atom stereocenters. The van der Waals surface area contributed by atoms with Crippen molar-refractivity contribution < 1.29 is 19.4 Å². The minimum atomic E-state index is -0.680. The summed E-state index contributed by atoms with van der Waals surface area (Å²) in [6.45, 7) is 3.32. The highest BCUT2D eigenvalue weighted by Crippen LogP contribution is 2.26. The van der Waals surface area contributed by atoms with E-state index in [-0.39, 0.29) is 19.0 Å². The van der Waals surface area contributed by atoms with Gasteiger partial charge < -0.3 is 19.9 Å². The molecular weight excluding hydrogens is 270 g/mol. The van der Waals surface area contributed by atoms with Gasteiger partial charge in [0.15, 0.2) is 5.76 Å². The van der Waals surface area contributed by atoms with Gasteiger partial charge in [-0.05, 0) is 31.0 Å². The summed E-state index contributed by atoms with van der Waals surface area (Å²) in [6, 6.07) is 5.24. The van der Waals surface area contributed by atoms with E-state index in [0.717, 1.165) is 23.8 Å². The van der Waals surface area contributed by atoms with E-state index < -0.39 is 11.9 Å². The number of aliphatic hydroxyl groups excluding tert-OH is 2. The Hall–Kier alpha value is -1.85. The molecule has 0 atom stereocenters. The van der Waals surface area contributed by atoms with Crippen molar-refractivity contribution >= 4 is 16.9 Å². The van der Waals surface area contributed by atoms with E-state index in [4.69, 9.17) is 14.6 Å². The summed E-state index contributed by atoms with van der Waals surface area (Å²) >= 11 is 0. The number of aliphatic hydroxyl groups is 2. The third-order valence-electron chi connectivity index (χ3n) is 3.52. The molecule has 2 rings (SSSR count). The summed E-state index contributed by atoms with van der Waals surface area (Å²) in [6.07, 6.45) is 2.05. The maximum absolute atomic E-state index is 12.1. The van der Waals surface area contributed by atoms with Crippen LogP contribution in [0.15, 0.2) is 22.6 Å². The lowest BCUT2D eigenvalue weighted by Gasteiger charge is -2.12. The number of fused-ring (bicyclic) bond motifs is 1. The molecule has 3 N–H and O–H groups in total. The molecule has 0 aliphatic heterocycles. The Morgan fingerprint density at radius 1 is 1.33 bits per heavy atom. The number of hydrogen-bond donors (Lipinski definition) is 3. The number of hydrogen-bond acceptors (Lipinski definition) is 4. The number of nitrogens with one attached hydrogen (secondary N) is 1. The van der Waals surface area contributed by atoms with E-state index >= 15 is 0 Å². The van der Waals surface area contributed by atoms with E-state index in [9.17, 15) is 4.79 Å². The number of aryl methyl sites for hydroxylation is 2. The molecule has 0 saturated carbocycles. The molecule has 0 spiro atoms. The van der Waals surface area contributed by atoms with Gasteiger partial charge in [-0.1, -0.05) is 19.4 Å². The molecule has 0 aliphatic carbocycles. The highest BCUT2D eigenvalue weighted by atomic mass is 16.3. The van der Waals surface area contributed by atoms with Crippen LogP contribution < -0.4 is 5.32 Å². The van der Waals surface area contributed by atoms with Gasteiger partial charge in [-0.3, -0.25) is 4.79 Å². The summed E-state index contributed by atoms with van der Waals surface area (Å²) in [5, 5.41) is 21.5. The number of amides is 1. The van der Waals surface area contributed by atoms with Crippen molar-refractivity contribution in [2.24, 2.45) is 0 Å². The van der Waals surface area contributed by atoms with Gasteiger partial charge in [0.1, 0.15) is 5.58 Å². The Bertz CT molecular complexity index is 628. The van der Waals surface area contributed by atoms with Crippen LogP contribution in [-0.2, 0) is 6.42 Å². The standard InChI is InChI=1S/C16H21NO4/c1-3-4-11-5-6-14-13(7-11)10(2)15(21-14)16(20)17-12(8-18)9-19/h5-7,12,18-19H,3-4,8-9H2,1-2H3,(H,17,20). The largest absolute Gasteiger partial charge is 0.451 e. The highest BCUT2D eigenvalue weighted by molar-refractivity contribution is 5.99. The fraction of sp³-hybridized carbons (Fsp3) is 0.438. The van der Waals surface area contributed by atoms with Gasteiger partial charge in [0.25, 0.3) is 5.91 Å². The van der Waals surface area contributed by atoms with Crippen LogP contribution in [0.5, 0.6) is 0 Å². The Labute approximate surface area is 123 Å². The van der Waals surface area contributed by atoms with Gasteiger partial charge in [-0.15, -0.1) is 0 Å². The van der Waals surface area contributed by atoms with Gasteiger partial charge >= 0.3 is 0 Å². The molecule has 1 amide bonds. The molecule has 5 heteroatoms. The van der Waals surface area contributed by atoms with Crippen molar-refractivity contribution in [1.29, 1.82) is 0 Å². The molecule has 0 radical (unpaired) electrons. The Kier molecular flexibility index (Phi) is 4.98. The van der Waals surface area contributed by atoms with Crippen LogP contribution in [0.25, 0.3) is 11.0 Å².